The van der Waals surface area contributed by atoms with Gasteiger partial charge in [-0.05, 0) is 50.1 Å². The molecule has 0 radical (unpaired) electrons. The molecule has 0 aliphatic carbocycles. The second-order valence-electron chi connectivity index (χ2n) is 6.71. The fourth-order valence-electron chi connectivity index (χ4n) is 3.77. The maximum absolute atomic E-state index is 13.2. The summed E-state index contributed by atoms with van der Waals surface area (Å²) < 4.78 is 1.12. The standard InChI is InChI=1S/C20H18N4OS/c1-12-21-16-11-13(8-9-18(16)26-12)20(25)24-10-4-7-17(24)19-22-14-5-2-3-6-15(14)23-19/h2-3,5-6,8-9,11,17H,4,7,10H2,1H3,(H,22,23). The normalized spacial score (nSPS) is 17.4. The number of carbonyl (C=O) groups excluding carboxylic acids is 1. The Bertz CT molecular complexity index is 1100. The van der Waals surface area contributed by atoms with Crippen LogP contribution < -0.4 is 0 Å². The molecule has 0 bridgehead atoms. The molecule has 6 heteroatoms. The third-order valence-electron chi connectivity index (χ3n) is 4.98. The van der Waals surface area contributed by atoms with Crippen LogP contribution in [-0.2, 0) is 0 Å². The van der Waals surface area contributed by atoms with E-state index in [1.807, 2.05) is 54.3 Å². The highest BCUT2D eigenvalue weighted by atomic mass is 32.1. The molecule has 2 aromatic heterocycles. The second-order valence-corrected chi connectivity index (χ2v) is 7.95. The number of nitrogens with zero attached hydrogens (tertiary/aromatic N) is 3. The number of hydrogen-bond donors (Lipinski definition) is 1. The van der Waals surface area contributed by atoms with Crippen molar-refractivity contribution in [3.8, 4) is 0 Å². The molecule has 1 N–H and O–H groups in total. The number of imidazole rings is 1. The van der Waals surface area contributed by atoms with Crippen molar-refractivity contribution in [1.29, 1.82) is 0 Å². The Balaban J connectivity index is 1.49. The topological polar surface area (TPSA) is 61.9 Å². The number of aromatic nitrogens is 3. The Labute approximate surface area is 154 Å². The first-order valence-corrected chi connectivity index (χ1v) is 9.63. The molecule has 0 saturated carbocycles. The number of nitrogens with one attached hydrogen (secondary N) is 1. The van der Waals surface area contributed by atoms with Gasteiger partial charge in [0.2, 0.25) is 0 Å². The molecular formula is C20H18N4OS. The molecule has 5 nitrogen and oxygen atoms in total. The van der Waals surface area contributed by atoms with Gasteiger partial charge in [-0.1, -0.05) is 12.1 Å². The zero-order chi connectivity index (χ0) is 17.7. The Morgan fingerprint density at radius 2 is 2.08 bits per heavy atom. The van der Waals surface area contributed by atoms with Gasteiger partial charge >= 0.3 is 0 Å². The smallest absolute Gasteiger partial charge is 0.254 e. The number of benzene rings is 2. The van der Waals surface area contributed by atoms with E-state index < -0.39 is 0 Å². The van der Waals surface area contributed by atoms with Crippen molar-refractivity contribution < 1.29 is 4.79 Å². The highest BCUT2D eigenvalue weighted by molar-refractivity contribution is 7.18. The molecule has 1 unspecified atom stereocenters. The van der Waals surface area contributed by atoms with E-state index >= 15 is 0 Å². The van der Waals surface area contributed by atoms with Gasteiger partial charge in [0.1, 0.15) is 5.82 Å². The highest BCUT2D eigenvalue weighted by Gasteiger charge is 2.32. The summed E-state index contributed by atoms with van der Waals surface area (Å²) in [5.41, 5.74) is 3.56. The fraction of sp³-hybridized carbons (Fsp3) is 0.250. The summed E-state index contributed by atoms with van der Waals surface area (Å²) in [7, 11) is 0. The van der Waals surface area contributed by atoms with Gasteiger partial charge < -0.3 is 9.88 Å². The summed E-state index contributed by atoms with van der Waals surface area (Å²) in [6.45, 7) is 2.75. The highest BCUT2D eigenvalue weighted by Crippen LogP contribution is 2.33. The van der Waals surface area contributed by atoms with Crippen molar-refractivity contribution in [2.24, 2.45) is 0 Å². The summed E-state index contributed by atoms with van der Waals surface area (Å²) in [6, 6.07) is 13.8. The molecule has 0 spiro atoms. The van der Waals surface area contributed by atoms with Crippen LogP contribution >= 0.6 is 11.3 Å². The Morgan fingerprint density at radius 3 is 2.96 bits per heavy atom. The minimum absolute atomic E-state index is 0.00256. The number of H-pyrrole nitrogens is 1. The Morgan fingerprint density at radius 1 is 1.19 bits per heavy atom. The first-order chi connectivity index (χ1) is 12.7. The molecule has 1 fully saturated rings. The van der Waals surface area contributed by atoms with E-state index in [1.54, 1.807) is 11.3 Å². The predicted octanol–water partition coefficient (Wildman–Crippen LogP) is 4.46. The molecule has 26 heavy (non-hydrogen) atoms. The van der Waals surface area contributed by atoms with Crippen LogP contribution in [0.2, 0.25) is 0 Å². The second kappa shape index (κ2) is 5.92. The molecule has 1 aliphatic heterocycles. The molecular weight excluding hydrogens is 344 g/mol. The Hall–Kier alpha value is -2.73. The SMILES string of the molecule is Cc1nc2cc(C(=O)N3CCCC3c3nc4ccccc4[nH]3)ccc2s1. The van der Waals surface area contributed by atoms with Crippen molar-refractivity contribution >= 4 is 38.5 Å². The summed E-state index contributed by atoms with van der Waals surface area (Å²) in [5, 5.41) is 1.02. The third-order valence-corrected chi connectivity index (χ3v) is 5.93. The molecule has 3 heterocycles. The van der Waals surface area contributed by atoms with Gasteiger partial charge in [-0.15, -0.1) is 11.3 Å². The van der Waals surface area contributed by atoms with Gasteiger partial charge in [-0.3, -0.25) is 4.79 Å². The fourth-order valence-corrected chi connectivity index (χ4v) is 4.57. The maximum atomic E-state index is 13.2. The molecule has 1 atom stereocenters. The first kappa shape index (κ1) is 15.5. The minimum atomic E-state index is 0.00256. The van der Waals surface area contributed by atoms with Crippen molar-refractivity contribution in [1.82, 2.24) is 19.9 Å². The van der Waals surface area contributed by atoms with Crippen LogP contribution in [0.4, 0.5) is 0 Å². The number of hydrogen-bond acceptors (Lipinski definition) is 4. The van der Waals surface area contributed by atoms with Gasteiger partial charge in [-0.25, -0.2) is 9.97 Å². The molecule has 2 aromatic carbocycles. The van der Waals surface area contributed by atoms with Crippen molar-refractivity contribution in [2.45, 2.75) is 25.8 Å². The van der Waals surface area contributed by atoms with Crippen LogP contribution in [0, 0.1) is 6.92 Å². The van der Waals surface area contributed by atoms with E-state index in [2.05, 4.69) is 9.97 Å². The molecule has 1 aliphatic rings. The minimum Gasteiger partial charge on any atom is -0.340 e. The predicted molar refractivity (Wildman–Crippen MR) is 103 cm³/mol. The van der Waals surface area contributed by atoms with E-state index in [0.717, 1.165) is 51.5 Å². The molecule has 1 saturated heterocycles. The number of amides is 1. The quantitative estimate of drug-likeness (QED) is 0.573. The third kappa shape index (κ3) is 2.49. The summed E-state index contributed by atoms with van der Waals surface area (Å²) in [6.07, 6.45) is 1.93. The van der Waals surface area contributed by atoms with Crippen LogP contribution in [0.25, 0.3) is 21.3 Å². The van der Waals surface area contributed by atoms with E-state index in [9.17, 15) is 4.79 Å². The lowest BCUT2D eigenvalue weighted by Crippen LogP contribution is -2.31. The number of rotatable bonds is 2. The van der Waals surface area contributed by atoms with E-state index in [-0.39, 0.29) is 11.9 Å². The molecule has 1 amide bonds. The van der Waals surface area contributed by atoms with E-state index in [1.165, 1.54) is 0 Å². The number of aromatic amines is 1. The van der Waals surface area contributed by atoms with Gasteiger partial charge in [0.25, 0.3) is 5.91 Å². The van der Waals surface area contributed by atoms with E-state index in [0.29, 0.717) is 5.56 Å². The average Bonchev–Trinajstić information content (AvgIpc) is 3.36. The zero-order valence-electron chi connectivity index (χ0n) is 14.4. The monoisotopic (exact) mass is 362 g/mol. The average molecular weight is 362 g/mol. The lowest BCUT2D eigenvalue weighted by Gasteiger charge is -2.23. The first-order valence-electron chi connectivity index (χ1n) is 8.82. The van der Waals surface area contributed by atoms with Crippen molar-refractivity contribution in [3.63, 3.8) is 0 Å². The summed E-state index contributed by atoms with van der Waals surface area (Å²) in [4.78, 5) is 27.7. The van der Waals surface area contributed by atoms with Gasteiger partial charge in [0.05, 0.1) is 32.3 Å². The number of aryl methyl sites for hydroxylation is 1. The number of carbonyl (C=O) groups is 1. The maximum Gasteiger partial charge on any atom is 0.254 e. The summed E-state index contributed by atoms with van der Waals surface area (Å²) in [5.74, 6) is 0.933. The number of fused-ring (bicyclic) bond motifs is 2. The number of thiazole rings is 1. The van der Waals surface area contributed by atoms with Crippen LogP contribution in [0.5, 0.6) is 0 Å². The largest absolute Gasteiger partial charge is 0.340 e. The van der Waals surface area contributed by atoms with Gasteiger partial charge in [-0.2, -0.15) is 0 Å². The van der Waals surface area contributed by atoms with Crippen LogP contribution in [0.3, 0.4) is 0 Å². The number of likely N-dealkylation sites (tertiary alicyclic amines) is 1. The van der Waals surface area contributed by atoms with Crippen LogP contribution in [0.15, 0.2) is 42.5 Å². The lowest BCUT2D eigenvalue weighted by atomic mass is 10.1. The van der Waals surface area contributed by atoms with Crippen molar-refractivity contribution in [3.05, 3.63) is 58.9 Å². The van der Waals surface area contributed by atoms with Gasteiger partial charge in [0.15, 0.2) is 0 Å². The lowest BCUT2D eigenvalue weighted by molar-refractivity contribution is 0.0730. The number of para-hydroxylation sites is 2. The van der Waals surface area contributed by atoms with Gasteiger partial charge in [0, 0.05) is 12.1 Å². The van der Waals surface area contributed by atoms with Crippen LogP contribution in [0.1, 0.15) is 40.1 Å². The zero-order valence-corrected chi connectivity index (χ0v) is 15.2. The van der Waals surface area contributed by atoms with Crippen LogP contribution in [-0.4, -0.2) is 32.3 Å². The van der Waals surface area contributed by atoms with Crippen molar-refractivity contribution in [2.75, 3.05) is 6.54 Å². The molecule has 5 rings (SSSR count). The van der Waals surface area contributed by atoms with E-state index in [4.69, 9.17) is 4.98 Å². The molecule has 130 valence electrons. The Kier molecular flexibility index (Phi) is 3.53. The molecule has 4 aromatic rings. The summed E-state index contributed by atoms with van der Waals surface area (Å²) >= 11 is 1.65.